The van der Waals surface area contributed by atoms with Crippen LogP contribution in [-0.2, 0) is 0 Å². The van der Waals surface area contributed by atoms with E-state index in [-0.39, 0.29) is 0 Å². The Labute approximate surface area is 117 Å². The first-order valence-corrected chi connectivity index (χ1v) is 7.64. The minimum absolute atomic E-state index is 0.817. The van der Waals surface area contributed by atoms with Crippen molar-refractivity contribution in [2.75, 3.05) is 29.9 Å². The standard InChI is InChI=1S/C16H27N3/c1-4-7-18-15-10-16(12-17-11-15)19-8-5-14(6-9-19)13(2)3/h10-14,18H,4-9H2,1-3H3. The number of anilines is 2. The van der Waals surface area contributed by atoms with Crippen LogP contribution < -0.4 is 10.2 Å². The van der Waals surface area contributed by atoms with Gasteiger partial charge in [-0.3, -0.25) is 4.98 Å². The van der Waals surface area contributed by atoms with Crippen LogP contribution in [0.15, 0.2) is 18.5 Å². The van der Waals surface area contributed by atoms with Crippen molar-refractivity contribution in [3.8, 4) is 0 Å². The molecule has 1 aromatic heterocycles. The van der Waals surface area contributed by atoms with E-state index in [1.54, 1.807) is 0 Å². The Hall–Kier alpha value is -1.25. The number of pyridine rings is 1. The zero-order valence-electron chi connectivity index (χ0n) is 12.5. The first kappa shape index (κ1) is 14.2. The van der Waals surface area contributed by atoms with Crippen molar-refractivity contribution >= 4 is 11.4 Å². The predicted molar refractivity (Wildman–Crippen MR) is 82.8 cm³/mol. The molecule has 106 valence electrons. The zero-order chi connectivity index (χ0) is 13.7. The molecule has 19 heavy (non-hydrogen) atoms. The maximum Gasteiger partial charge on any atom is 0.0573 e. The molecule has 3 heteroatoms. The lowest BCUT2D eigenvalue weighted by Crippen LogP contribution is -2.35. The van der Waals surface area contributed by atoms with Gasteiger partial charge in [-0.2, -0.15) is 0 Å². The second kappa shape index (κ2) is 6.78. The average molecular weight is 261 g/mol. The van der Waals surface area contributed by atoms with Crippen molar-refractivity contribution in [3.05, 3.63) is 18.5 Å². The molecule has 1 saturated heterocycles. The summed E-state index contributed by atoms with van der Waals surface area (Å²) in [7, 11) is 0. The summed E-state index contributed by atoms with van der Waals surface area (Å²) in [4.78, 5) is 6.84. The Kier molecular flexibility index (Phi) is 5.06. The van der Waals surface area contributed by atoms with E-state index in [1.807, 2.05) is 12.4 Å². The van der Waals surface area contributed by atoms with E-state index < -0.39 is 0 Å². The Morgan fingerprint density at radius 3 is 2.68 bits per heavy atom. The van der Waals surface area contributed by atoms with Gasteiger partial charge >= 0.3 is 0 Å². The van der Waals surface area contributed by atoms with Crippen LogP contribution in [0, 0.1) is 11.8 Å². The van der Waals surface area contributed by atoms with Crippen LogP contribution in [0.2, 0.25) is 0 Å². The molecular formula is C16H27N3. The average Bonchev–Trinajstić information content (AvgIpc) is 2.45. The normalized spacial score (nSPS) is 16.9. The van der Waals surface area contributed by atoms with Crippen LogP contribution in [-0.4, -0.2) is 24.6 Å². The lowest BCUT2D eigenvalue weighted by Gasteiger charge is -2.35. The summed E-state index contributed by atoms with van der Waals surface area (Å²) in [6, 6.07) is 2.23. The van der Waals surface area contributed by atoms with E-state index in [4.69, 9.17) is 0 Å². The zero-order valence-corrected chi connectivity index (χ0v) is 12.5. The fourth-order valence-electron chi connectivity index (χ4n) is 2.79. The smallest absolute Gasteiger partial charge is 0.0573 e. The number of aromatic nitrogens is 1. The highest BCUT2D eigenvalue weighted by atomic mass is 15.1. The Bertz CT molecular complexity index is 381. The van der Waals surface area contributed by atoms with Gasteiger partial charge in [0.05, 0.1) is 23.8 Å². The number of piperidine rings is 1. The van der Waals surface area contributed by atoms with E-state index in [2.05, 4.69) is 42.0 Å². The van der Waals surface area contributed by atoms with E-state index >= 15 is 0 Å². The molecule has 1 aliphatic rings. The lowest BCUT2D eigenvalue weighted by molar-refractivity contribution is 0.311. The monoisotopic (exact) mass is 261 g/mol. The summed E-state index contributed by atoms with van der Waals surface area (Å²) >= 11 is 0. The third kappa shape index (κ3) is 3.85. The van der Waals surface area contributed by atoms with Gasteiger partial charge in [0.25, 0.3) is 0 Å². The quantitative estimate of drug-likeness (QED) is 0.874. The number of nitrogens with one attached hydrogen (secondary N) is 1. The van der Waals surface area contributed by atoms with Crippen LogP contribution in [0.4, 0.5) is 11.4 Å². The Morgan fingerprint density at radius 2 is 2.05 bits per heavy atom. The van der Waals surface area contributed by atoms with Crippen molar-refractivity contribution in [3.63, 3.8) is 0 Å². The predicted octanol–water partition coefficient (Wildman–Crippen LogP) is 3.78. The van der Waals surface area contributed by atoms with E-state index in [0.717, 1.165) is 30.5 Å². The van der Waals surface area contributed by atoms with Gasteiger partial charge in [-0.1, -0.05) is 20.8 Å². The van der Waals surface area contributed by atoms with E-state index in [1.165, 1.54) is 31.6 Å². The molecule has 0 saturated carbocycles. The molecule has 0 atom stereocenters. The molecule has 1 N–H and O–H groups in total. The molecule has 0 radical (unpaired) electrons. The fourth-order valence-corrected chi connectivity index (χ4v) is 2.79. The first-order chi connectivity index (χ1) is 9.20. The summed E-state index contributed by atoms with van der Waals surface area (Å²) in [5, 5.41) is 3.41. The highest BCUT2D eigenvalue weighted by molar-refractivity contribution is 5.55. The third-order valence-corrected chi connectivity index (χ3v) is 4.15. The second-order valence-corrected chi connectivity index (χ2v) is 5.93. The molecule has 0 unspecified atom stereocenters. The van der Waals surface area contributed by atoms with Crippen LogP contribution in [0.1, 0.15) is 40.0 Å². The van der Waals surface area contributed by atoms with Gasteiger partial charge in [0.15, 0.2) is 0 Å². The maximum atomic E-state index is 4.36. The second-order valence-electron chi connectivity index (χ2n) is 5.93. The summed E-state index contributed by atoms with van der Waals surface area (Å²) in [5.41, 5.74) is 2.41. The number of rotatable bonds is 5. The minimum atomic E-state index is 0.817. The van der Waals surface area contributed by atoms with Gasteiger partial charge in [0.1, 0.15) is 0 Å². The summed E-state index contributed by atoms with van der Waals surface area (Å²) in [6.45, 7) is 10.2. The summed E-state index contributed by atoms with van der Waals surface area (Å²) < 4.78 is 0. The Morgan fingerprint density at radius 1 is 1.32 bits per heavy atom. The number of hydrogen-bond acceptors (Lipinski definition) is 3. The van der Waals surface area contributed by atoms with Crippen molar-refractivity contribution in [1.29, 1.82) is 0 Å². The van der Waals surface area contributed by atoms with Crippen LogP contribution in [0.25, 0.3) is 0 Å². The lowest BCUT2D eigenvalue weighted by atomic mass is 9.86. The molecule has 3 nitrogen and oxygen atoms in total. The molecule has 0 spiro atoms. The number of nitrogens with zero attached hydrogens (tertiary/aromatic N) is 2. The molecule has 2 heterocycles. The molecular weight excluding hydrogens is 234 g/mol. The van der Waals surface area contributed by atoms with E-state index in [9.17, 15) is 0 Å². The topological polar surface area (TPSA) is 28.2 Å². The fraction of sp³-hybridized carbons (Fsp3) is 0.688. The summed E-state index contributed by atoms with van der Waals surface area (Å²) in [6.07, 6.45) is 7.67. The Balaban J connectivity index is 1.95. The molecule has 0 aromatic carbocycles. The van der Waals surface area contributed by atoms with Gasteiger partial charge in [-0.05, 0) is 37.2 Å². The SMILES string of the molecule is CCCNc1cncc(N2CCC(C(C)C)CC2)c1. The van der Waals surface area contributed by atoms with Crippen LogP contribution in [0.3, 0.4) is 0 Å². The molecule has 0 aliphatic carbocycles. The molecule has 1 aliphatic heterocycles. The molecule has 2 rings (SSSR count). The van der Waals surface area contributed by atoms with Crippen molar-refractivity contribution < 1.29 is 0 Å². The molecule has 0 bridgehead atoms. The van der Waals surface area contributed by atoms with Crippen molar-refractivity contribution in [2.24, 2.45) is 11.8 Å². The van der Waals surface area contributed by atoms with Crippen molar-refractivity contribution in [1.82, 2.24) is 4.98 Å². The molecule has 1 fully saturated rings. The van der Waals surface area contributed by atoms with Crippen LogP contribution in [0.5, 0.6) is 0 Å². The number of hydrogen-bond donors (Lipinski definition) is 1. The molecule has 1 aromatic rings. The van der Waals surface area contributed by atoms with Gasteiger partial charge in [0.2, 0.25) is 0 Å². The maximum absolute atomic E-state index is 4.36. The molecule has 0 amide bonds. The third-order valence-electron chi connectivity index (χ3n) is 4.15. The van der Waals surface area contributed by atoms with Crippen LogP contribution >= 0.6 is 0 Å². The highest BCUT2D eigenvalue weighted by Gasteiger charge is 2.21. The van der Waals surface area contributed by atoms with Gasteiger partial charge in [-0.25, -0.2) is 0 Å². The largest absolute Gasteiger partial charge is 0.384 e. The summed E-state index contributed by atoms with van der Waals surface area (Å²) in [5.74, 6) is 1.71. The van der Waals surface area contributed by atoms with Crippen molar-refractivity contribution in [2.45, 2.75) is 40.0 Å². The van der Waals surface area contributed by atoms with Gasteiger partial charge in [0, 0.05) is 19.6 Å². The van der Waals surface area contributed by atoms with Gasteiger partial charge in [-0.15, -0.1) is 0 Å². The minimum Gasteiger partial charge on any atom is -0.384 e. The first-order valence-electron chi connectivity index (χ1n) is 7.64. The van der Waals surface area contributed by atoms with Gasteiger partial charge < -0.3 is 10.2 Å². The van der Waals surface area contributed by atoms with E-state index in [0.29, 0.717) is 0 Å². The highest BCUT2D eigenvalue weighted by Crippen LogP contribution is 2.28.